The van der Waals surface area contributed by atoms with Gasteiger partial charge in [0.25, 0.3) is 5.82 Å². The van der Waals surface area contributed by atoms with Crippen LogP contribution in [-0.4, -0.2) is 4.98 Å². The molecule has 0 amide bonds. The standard InChI is InChI=1S/C43H84N2/c1-5-8-10-12-14-16-18-20-22-24-26-28-30-32-34-37-41(4)45-40-39-44-43(45)42(36-7-3)38-35-33-31-29-27-25-23-21-19-17-15-13-11-9-6-2/h39-42H,5-38H2,1-4H3/p+1. The van der Waals surface area contributed by atoms with Crippen molar-refractivity contribution in [1.29, 1.82) is 0 Å². The molecule has 1 N–H and O–H groups in total. The average Bonchev–Trinajstić information content (AvgIpc) is 3.54. The van der Waals surface area contributed by atoms with Crippen molar-refractivity contribution in [3.63, 3.8) is 0 Å². The molecular weight excluding hydrogens is 544 g/mol. The van der Waals surface area contributed by atoms with Gasteiger partial charge in [0.15, 0.2) is 0 Å². The highest BCUT2D eigenvalue weighted by Gasteiger charge is 2.24. The minimum absolute atomic E-state index is 0.619. The van der Waals surface area contributed by atoms with E-state index in [-0.39, 0.29) is 0 Å². The van der Waals surface area contributed by atoms with E-state index < -0.39 is 0 Å². The van der Waals surface area contributed by atoms with Gasteiger partial charge < -0.3 is 0 Å². The fourth-order valence-corrected chi connectivity index (χ4v) is 7.55. The lowest BCUT2D eigenvalue weighted by Gasteiger charge is -2.16. The number of hydrogen-bond donors (Lipinski definition) is 1. The number of unbranched alkanes of at least 4 members (excludes halogenated alkanes) is 28. The Bertz CT molecular complexity index is 694. The van der Waals surface area contributed by atoms with Crippen molar-refractivity contribution in [3.8, 4) is 0 Å². The predicted octanol–water partition coefficient (Wildman–Crippen LogP) is 15.3. The third kappa shape index (κ3) is 25.0. The Balaban J connectivity index is 2.08. The first-order chi connectivity index (χ1) is 22.2. The summed E-state index contributed by atoms with van der Waals surface area (Å²) in [7, 11) is 0. The quantitative estimate of drug-likeness (QED) is 0.0563. The van der Waals surface area contributed by atoms with Gasteiger partial charge in [-0.05, 0) is 32.6 Å². The normalized spacial score (nSPS) is 13.1. The summed E-state index contributed by atoms with van der Waals surface area (Å²) in [5.41, 5.74) is 0. The molecule has 45 heavy (non-hydrogen) atoms. The molecule has 0 aliphatic carbocycles. The Morgan fingerprint density at radius 1 is 0.422 bits per heavy atom. The molecule has 0 radical (unpaired) electrons. The Labute approximate surface area is 285 Å². The van der Waals surface area contributed by atoms with E-state index in [1.54, 1.807) is 0 Å². The number of hydrogen-bond acceptors (Lipinski definition) is 0. The molecule has 0 aromatic carbocycles. The Hall–Kier alpha value is -0.790. The maximum atomic E-state index is 3.69. The predicted molar refractivity (Wildman–Crippen MR) is 202 cm³/mol. The van der Waals surface area contributed by atoms with E-state index in [0.29, 0.717) is 12.0 Å². The zero-order valence-corrected chi connectivity index (χ0v) is 31.8. The van der Waals surface area contributed by atoms with Crippen LogP contribution in [0.15, 0.2) is 12.4 Å². The fraction of sp³-hybridized carbons (Fsp3) is 0.930. The largest absolute Gasteiger partial charge is 0.257 e. The van der Waals surface area contributed by atoms with Crippen LogP contribution in [0.4, 0.5) is 0 Å². The van der Waals surface area contributed by atoms with Crippen molar-refractivity contribution < 1.29 is 4.57 Å². The molecule has 0 saturated heterocycles. The first-order valence-corrected chi connectivity index (χ1v) is 21.3. The second kappa shape index (κ2) is 33.1. The van der Waals surface area contributed by atoms with E-state index in [2.05, 4.69) is 49.6 Å². The first-order valence-electron chi connectivity index (χ1n) is 21.3. The number of imidazole rings is 1. The Kier molecular flexibility index (Phi) is 31.1. The number of nitrogens with one attached hydrogen (secondary N) is 1. The average molecular weight is 630 g/mol. The molecular formula is C43H85N2+. The van der Waals surface area contributed by atoms with Gasteiger partial charge in [-0.25, -0.2) is 9.55 Å². The second-order valence-corrected chi connectivity index (χ2v) is 15.1. The van der Waals surface area contributed by atoms with Gasteiger partial charge >= 0.3 is 0 Å². The molecule has 0 spiro atoms. The number of rotatable bonds is 36. The summed E-state index contributed by atoms with van der Waals surface area (Å²) in [4.78, 5) is 3.69. The summed E-state index contributed by atoms with van der Waals surface area (Å²) in [5.74, 6) is 2.21. The summed E-state index contributed by atoms with van der Waals surface area (Å²) in [6.07, 6.45) is 53.3. The van der Waals surface area contributed by atoms with Gasteiger partial charge in [0.1, 0.15) is 12.4 Å². The van der Waals surface area contributed by atoms with Crippen LogP contribution < -0.4 is 4.57 Å². The molecule has 1 heterocycles. The molecule has 0 fully saturated rings. The van der Waals surface area contributed by atoms with Gasteiger partial charge in [-0.2, -0.15) is 0 Å². The van der Waals surface area contributed by atoms with Gasteiger partial charge in [-0.15, -0.1) is 0 Å². The molecule has 2 unspecified atom stereocenters. The number of nitrogens with zero attached hydrogens (tertiary/aromatic N) is 1. The van der Waals surface area contributed by atoms with E-state index in [1.807, 2.05) is 0 Å². The number of aromatic amines is 1. The van der Waals surface area contributed by atoms with Crippen LogP contribution in [-0.2, 0) is 0 Å². The molecule has 2 heteroatoms. The molecule has 1 aromatic rings. The van der Waals surface area contributed by atoms with Crippen LogP contribution in [0, 0.1) is 0 Å². The summed E-state index contributed by atoms with van der Waals surface area (Å²) >= 11 is 0. The Morgan fingerprint density at radius 2 is 0.756 bits per heavy atom. The highest BCUT2D eigenvalue weighted by Crippen LogP contribution is 2.26. The van der Waals surface area contributed by atoms with Crippen molar-refractivity contribution in [2.75, 3.05) is 0 Å². The molecule has 2 nitrogen and oxygen atoms in total. The van der Waals surface area contributed by atoms with Crippen molar-refractivity contribution in [2.24, 2.45) is 0 Å². The topological polar surface area (TPSA) is 19.7 Å². The van der Waals surface area contributed by atoms with Crippen LogP contribution in [0.2, 0.25) is 0 Å². The SMILES string of the molecule is CCCCCCCCCCCCCCCCCC(CCC)c1[nH]cc[n+]1C(C)CCCCCCCCCCCCCCCCC. The monoisotopic (exact) mass is 630 g/mol. The molecule has 1 rings (SSSR count). The van der Waals surface area contributed by atoms with Gasteiger partial charge in [-0.1, -0.05) is 213 Å². The zero-order chi connectivity index (χ0) is 32.5. The number of aromatic nitrogens is 2. The van der Waals surface area contributed by atoms with E-state index in [1.165, 1.54) is 224 Å². The zero-order valence-electron chi connectivity index (χ0n) is 31.8. The molecule has 0 bridgehead atoms. The maximum Gasteiger partial charge on any atom is 0.257 e. The third-order valence-corrected chi connectivity index (χ3v) is 10.6. The lowest BCUT2D eigenvalue weighted by molar-refractivity contribution is -0.727. The highest BCUT2D eigenvalue weighted by atomic mass is 15.1. The first kappa shape index (κ1) is 42.2. The fourth-order valence-electron chi connectivity index (χ4n) is 7.55. The maximum absolute atomic E-state index is 3.69. The summed E-state index contributed by atoms with van der Waals surface area (Å²) < 4.78 is 2.61. The van der Waals surface area contributed by atoms with Crippen molar-refractivity contribution in [1.82, 2.24) is 4.98 Å². The lowest BCUT2D eigenvalue weighted by Crippen LogP contribution is -2.41. The van der Waals surface area contributed by atoms with E-state index in [0.717, 1.165) is 0 Å². The second-order valence-electron chi connectivity index (χ2n) is 15.1. The number of H-pyrrole nitrogens is 1. The van der Waals surface area contributed by atoms with Gasteiger partial charge in [0.2, 0.25) is 0 Å². The van der Waals surface area contributed by atoms with Crippen LogP contribution in [0.25, 0.3) is 0 Å². The van der Waals surface area contributed by atoms with Gasteiger partial charge in [0.05, 0.1) is 12.0 Å². The van der Waals surface area contributed by atoms with E-state index in [9.17, 15) is 0 Å². The molecule has 0 aliphatic rings. The van der Waals surface area contributed by atoms with Crippen molar-refractivity contribution in [2.45, 2.75) is 258 Å². The third-order valence-electron chi connectivity index (χ3n) is 10.6. The Morgan fingerprint density at radius 3 is 1.11 bits per heavy atom. The van der Waals surface area contributed by atoms with Crippen LogP contribution in [0.1, 0.15) is 264 Å². The van der Waals surface area contributed by atoms with Crippen molar-refractivity contribution >= 4 is 0 Å². The smallest absolute Gasteiger partial charge is 0.247 e. The molecule has 266 valence electrons. The van der Waals surface area contributed by atoms with Crippen LogP contribution in [0.3, 0.4) is 0 Å². The van der Waals surface area contributed by atoms with Gasteiger partial charge in [-0.3, -0.25) is 0 Å². The van der Waals surface area contributed by atoms with Crippen LogP contribution >= 0.6 is 0 Å². The molecule has 0 saturated carbocycles. The van der Waals surface area contributed by atoms with Crippen LogP contribution in [0.5, 0.6) is 0 Å². The highest BCUT2D eigenvalue weighted by molar-refractivity contribution is 4.90. The summed E-state index contributed by atoms with van der Waals surface area (Å²) in [6.45, 7) is 9.44. The molecule has 0 aliphatic heterocycles. The molecule has 1 aromatic heterocycles. The molecule has 2 atom stereocenters. The van der Waals surface area contributed by atoms with Crippen molar-refractivity contribution in [3.05, 3.63) is 18.2 Å². The lowest BCUT2D eigenvalue weighted by atomic mass is 9.94. The minimum Gasteiger partial charge on any atom is -0.247 e. The van der Waals surface area contributed by atoms with E-state index in [4.69, 9.17) is 0 Å². The van der Waals surface area contributed by atoms with Gasteiger partial charge in [0, 0.05) is 0 Å². The summed E-state index contributed by atoms with van der Waals surface area (Å²) in [6, 6.07) is 0.619. The van der Waals surface area contributed by atoms with E-state index >= 15 is 0 Å². The summed E-state index contributed by atoms with van der Waals surface area (Å²) in [5, 5.41) is 0. The minimum atomic E-state index is 0.619.